The van der Waals surface area contributed by atoms with E-state index in [0.29, 0.717) is 0 Å². The normalized spacial score (nSPS) is 11.6. The number of ether oxygens (including phenoxy) is 1. The van der Waals surface area contributed by atoms with Crippen LogP contribution < -0.4 is 4.74 Å². The number of hydrogen-bond donors (Lipinski definition) is 1. The molecule has 0 heterocycles. The van der Waals surface area contributed by atoms with Crippen molar-refractivity contribution >= 4 is 10.0 Å². The Hall–Kier alpha value is -2.05. The van der Waals surface area contributed by atoms with Crippen LogP contribution in [0, 0.1) is 0 Å². The maximum Gasteiger partial charge on any atom is 0.243 e. The number of rotatable bonds is 5. The SMILES string of the molecule is COc1ccc(CN(C)S(=O)(=O)c2cccc(O)c2)cc1. The van der Waals surface area contributed by atoms with Crippen molar-refractivity contribution in [3.8, 4) is 11.5 Å². The summed E-state index contributed by atoms with van der Waals surface area (Å²) in [6.07, 6.45) is 0. The molecule has 112 valence electrons. The second-order valence-corrected chi connectivity index (χ2v) is 6.65. The fraction of sp³-hybridized carbons (Fsp3) is 0.200. The van der Waals surface area contributed by atoms with Crippen molar-refractivity contribution in [1.29, 1.82) is 0 Å². The van der Waals surface area contributed by atoms with Gasteiger partial charge in [0.15, 0.2) is 0 Å². The van der Waals surface area contributed by atoms with E-state index in [4.69, 9.17) is 4.74 Å². The second kappa shape index (κ2) is 6.15. The number of methoxy groups -OCH3 is 1. The molecule has 2 aromatic rings. The molecule has 0 aromatic heterocycles. The topological polar surface area (TPSA) is 66.8 Å². The average molecular weight is 307 g/mol. The molecule has 0 saturated carbocycles. The zero-order valence-corrected chi connectivity index (χ0v) is 12.7. The summed E-state index contributed by atoms with van der Waals surface area (Å²) in [6, 6.07) is 12.8. The molecule has 0 bridgehead atoms. The number of benzene rings is 2. The van der Waals surface area contributed by atoms with Crippen molar-refractivity contribution in [2.75, 3.05) is 14.2 Å². The van der Waals surface area contributed by atoms with Crippen LogP contribution in [-0.2, 0) is 16.6 Å². The van der Waals surface area contributed by atoms with E-state index in [9.17, 15) is 13.5 Å². The van der Waals surface area contributed by atoms with Crippen molar-refractivity contribution in [2.24, 2.45) is 0 Å². The first-order valence-corrected chi connectivity index (χ1v) is 7.76. The van der Waals surface area contributed by atoms with Gasteiger partial charge in [-0.1, -0.05) is 18.2 Å². The van der Waals surface area contributed by atoms with Crippen LogP contribution in [0.1, 0.15) is 5.56 Å². The predicted molar refractivity (Wildman–Crippen MR) is 79.8 cm³/mol. The maximum atomic E-state index is 12.4. The summed E-state index contributed by atoms with van der Waals surface area (Å²) < 4.78 is 31.1. The Morgan fingerprint density at radius 3 is 2.38 bits per heavy atom. The first-order valence-electron chi connectivity index (χ1n) is 6.32. The highest BCUT2D eigenvalue weighted by atomic mass is 32.2. The quantitative estimate of drug-likeness (QED) is 0.920. The predicted octanol–water partition coefficient (Wildman–Crippen LogP) is 2.22. The van der Waals surface area contributed by atoms with E-state index in [1.807, 2.05) is 12.1 Å². The fourth-order valence-corrected chi connectivity index (χ4v) is 3.10. The van der Waals surface area contributed by atoms with Crippen molar-refractivity contribution in [3.05, 3.63) is 54.1 Å². The van der Waals surface area contributed by atoms with Crippen LogP contribution in [0.5, 0.6) is 11.5 Å². The number of nitrogens with zero attached hydrogens (tertiary/aromatic N) is 1. The van der Waals surface area contributed by atoms with Gasteiger partial charge in [-0.15, -0.1) is 0 Å². The molecular weight excluding hydrogens is 290 g/mol. The van der Waals surface area contributed by atoms with Gasteiger partial charge >= 0.3 is 0 Å². The van der Waals surface area contributed by atoms with Crippen molar-refractivity contribution in [1.82, 2.24) is 4.31 Å². The molecule has 0 aliphatic heterocycles. The van der Waals surface area contributed by atoms with Crippen LogP contribution in [0.15, 0.2) is 53.4 Å². The Labute approximate surface area is 124 Å². The van der Waals surface area contributed by atoms with E-state index in [1.165, 1.54) is 35.6 Å². The first kappa shape index (κ1) is 15.3. The number of aromatic hydroxyl groups is 1. The molecule has 0 aliphatic rings. The third kappa shape index (κ3) is 3.53. The summed E-state index contributed by atoms with van der Waals surface area (Å²) in [5.74, 6) is 0.645. The van der Waals surface area contributed by atoms with Gasteiger partial charge < -0.3 is 9.84 Å². The van der Waals surface area contributed by atoms with Crippen LogP contribution in [0.3, 0.4) is 0 Å². The van der Waals surface area contributed by atoms with Crippen LogP contribution >= 0.6 is 0 Å². The number of hydrogen-bond acceptors (Lipinski definition) is 4. The lowest BCUT2D eigenvalue weighted by Crippen LogP contribution is -2.26. The molecule has 2 aromatic carbocycles. The smallest absolute Gasteiger partial charge is 0.243 e. The first-order chi connectivity index (χ1) is 9.93. The standard InChI is InChI=1S/C15H17NO4S/c1-16(11-12-6-8-14(20-2)9-7-12)21(18,19)15-5-3-4-13(17)10-15/h3-10,17H,11H2,1-2H3. The summed E-state index contributed by atoms with van der Waals surface area (Å²) in [7, 11) is -0.553. The van der Waals surface area contributed by atoms with Gasteiger partial charge in [-0.3, -0.25) is 0 Å². The zero-order chi connectivity index (χ0) is 15.5. The molecule has 0 amide bonds. The molecule has 1 N–H and O–H groups in total. The van der Waals surface area contributed by atoms with Gasteiger partial charge in [-0.25, -0.2) is 8.42 Å². The Morgan fingerprint density at radius 2 is 1.81 bits per heavy atom. The van der Waals surface area contributed by atoms with E-state index in [0.717, 1.165) is 11.3 Å². The summed E-state index contributed by atoms with van der Waals surface area (Å²) in [5.41, 5.74) is 0.849. The maximum absolute atomic E-state index is 12.4. The molecule has 6 heteroatoms. The Bertz CT molecular complexity index is 711. The Kier molecular flexibility index (Phi) is 4.50. The molecule has 21 heavy (non-hydrogen) atoms. The van der Waals surface area contributed by atoms with Gasteiger partial charge in [0.2, 0.25) is 10.0 Å². The molecule has 2 rings (SSSR count). The van der Waals surface area contributed by atoms with Gasteiger partial charge in [0.05, 0.1) is 12.0 Å². The lowest BCUT2D eigenvalue weighted by molar-refractivity contribution is 0.414. The molecule has 0 spiro atoms. The van der Waals surface area contributed by atoms with Crippen LogP contribution in [0.2, 0.25) is 0 Å². The summed E-state index contributed by atoms with van der Waals surface area (Å²) >= 11 is 0. The highest BCUT2D eigenvalue weighted by Gasteiger charge is 2.21. The third-order valence-corrected chi connectivity index (χ3v) is 4.89. The van der Waals surface area contributed by atoms with E-state index in [2.05, 4.69) is 0 Å². The number of phenols is 1. The van der Waals surface area contributed by atoms with E-state index < -0.39 is 10.0 Å². The molecule has 0 saturated heterocycles. The van der Waals surface area contributed by atoms with E-state index >= 15 is 0 Å². The summed E-state index contributed by atoms with van der Waals surface area (Å²) in [4.78, 5) is 0.0681. The summed E-state index contributed by atoms with van der Waals surface area (Å²) in [6.45, 7) is 0.238. The molecule has 0 fully saturated rings. The third-order valence-electron chi connectivity index (χ3n) is 3.09. The van der Waals surface area contributed by atoms with Crippen LogP contribution in [0.25, 0.3) is 0 Å². The largest absolute Gasteiger partial charge is 0.508 e. The van der Waals surface area contributed by atoms with E-state index in [-0.39, 0.29) is 17.2 Å². The number of sulfonamides is 1. The minimum atomic E-state index is -3.63. The van der Waals surface area contributed by atoms with E-state index in [1.54, 1.807) is 19.2 Å². The molecule has 0 atom stereocenters. The van der Waals surface area contributed by atoms with Gasteiger partial charge in [0, 0.05) is 13.6 Å². The van der Waals surface area contributed by atoms with Crippen molar-refractivity contribution in [3.63, 3.8) is 0 Å². The zero-order valence-electron chi connectivity index (χ0n) is 11.9. The van der Waals surface area contributed by atoms with Gasteiger partial charge in [0.25, 0.3) is 0 Å². The molecule has 0 aliphatic carbocycles. The van der Waals surface area contributed by atoms with Crippen LogP contribution in [-0.4, -0.2) is 32.0 Å². The minimum absolute atomic E-state index is 0.0681. The van der Waals surface area contributed by atoms with Crippen molar-refractivity contribution < 1.29 is 18.3 Å². The van der Waals surface area contributed by atoms with Crippen LogP contribution in [0.4, 0.5) is 0 Å². The monoisotopic (exact) mass is 307 g/mol. The van der Waals surface area contributed by atoms with Crippen molar-refractivity contribution in [2.45, 2.75) is 11.4 Å². The lowest BCUT2D eigenvalue weighted by Gasteiger charge is -2.17. The summed E-state index contributed by atoms with van der Waals surface area (Å²) in [5, 5.41) is 9.41. The lowest BCUT2D eigenvalue weighted by atomic mass is 10.2. The Morgan fingerprint density at radius 1 is 1.14 bits per heavy atom. The highest BCUT2D eigenvalue weighted by molar-refractivity contribution is 7.89. The van der Waals surface area contributed by atoms with Gasteiger partial charge in [0.1, 0.15) is 11.5 Å². The van der Waals surface area contributed by atoms with Gasteiger partial charge in [-0.05, 0) is 35.9 Å². The molecule has 5 nitrogen and oxygen atoms in total. The minimum Gasteiger partial charge on any atom is -0.508 e. The average Bonchev–Trinajstić information content (AvgIpc) is 2.48. The highest BCUT2D eigenvalue weighted by Crippen LogP contribution is 2.21. The molecule has 0 radical (unpaired) electrons. The Balaban J connectivity index is 2.20. The fourth-order valence-electron chi connectivity index (χ4n) is 1.90. The number of phenolic OH excluding ortho intramolecular Hbond substituents is 1. The van der Waals surface area contributed by atoms with Gasteiger partial charge in [-0.2, -0.15) is 4.31 Å². The molecular formula is C15H17NO4S. The molecule has 0 unspecified atom stereocenters. The second-order valence-electron chi connectivity index (χ2n) is 4.61.